The van der Waals surface area contributed by atoms with Crippen molar-refractivity contribution in [3.05, 3.63) is 70.5 Å². The van der Waals surface area contributed by atoms with Gasteiger partial charge in [-0.2, -0.15) is 0 Å². The van der Waals surface area contributed by atoms with Gasteiger partial charge in [-0.25, -0.2) is 9.18 Å². The SMILES string of the molecule is Cc1ccc2c(c1)C(=O)N(C(C)C(=O)OC(C)C(=O)NCc1ccc(F)cc1)C2=O. The molecule has 7 nitrogen and oxygen atoms in total. The lowest BCUT2D eigenvalue weighted by molar-refractivity contribution is -0.158. The molecule has 0 radical (unpaired) electrons. The summed E-state index contributed by atoms with van der Waals surface area (Å²) in [6, 6.07) is 9.27. The predicted octanol–water partition coefficient (Wildman–Crippen LogP) is 2.37. The molecule has 2 unspecified atom stereocenters. The lowest BCUT2D eigenvalue weighted by Gasteiger charge is -2.22. The van der Waals surface area contributed by atoms with E-state index in [4.69, 9.17) is 4.74 Å². The van der Waals surface area contributed by atoms with Gasteiger partial charge in [-0.05, 0) is 50.6 Å². The van der Waals surface area contributed by atoms with E-state index in [9.17, 15) is 23.6 Å². The second-order valence-corrected chi connectivity index (χ2v) is 7.13. The van der Waals surface area contributed by atoms with Gasteiger partial charge in [-0.3, -0.25) is 19.3 Å². The van der Waals surface area contributed by atoms with Crippen LogP contribution in [-0.4, -0.2) is 40.7 Å². The molecule has 0 fully saturated rings. The highest BCUT2D eigenvalue weighted by Gasteiger charge is 2.42. The molecular formula is C22H21FN2O5. The number of imide groups is 1. The van der Waals surface area contributed by atoms with Gasteiger partial charge in [0.25, 0.3) is 17.7 Å². The Bertz CT molecular complexity index is 1020. The molecule has 1 aliphatic rings. The van der Waals surface area contributed by atoms with Gasteiger partial charge in [-0.15, -0.1) is 0 Å². The first kappa shape index (κ1) is 21.2. The number of rotatable bonds is 6. The Kier molecular flexibility index (Phi) is 5.96. The molecule has 8 heteroatoms. The Balaban J connectivity index is 1.59. The minimum atomic E-state index is -1.19. The highest BCUT2D eigenvalue weighted by Crippen LogP contribution is 2.26. The standard InChI is InChI=1S/C22H21FN2O5/c1-12-4-9-17-18(10-12)21(28)25(20(17)27)13(2)22(29)30-14(3)19(26)24-11-15-5-7-16(23)8-6-15/h4-10,13-14H,11H2,1-3H3,(H,24,26). The van der Waals surface area contributed by atoms with Gasteiger partial charge >= 0.3 is 5.97 Å². The van der Waals surface area contributed by atoms with Gasteiger partial charge in [0.2, 0.25) is 0 Å². The summed E-state index contributed by atoms with van der Waals surface area (Å²) in [5.74, 6) is -2.96. The Hall–Kier alpha value is -3.55. The molecule has 0 spiro atoms. The zero-order valence-corrected chi connectivity index (χ0v) is 16.8. The molecule has 1 aliphatic heterocycles. The summed E-state index contributed by atoms with van der Waals surface area (Å²) in [6.45, 7) is 4.69. The average Bonchev–Trinajstić information content (AvgIpc) is 2.96. The molecule has 2 atom stereocenters. The largest absolute Gasteiger partial charge is 0.451 e. The second-order valence-electron chi connectivity index (χ2n) is 7.13. The van der Waals surface area contributed by atoms with Crippen LogP contribution in [0.3, 0.4) is 0 Å². The Labute approximate surface area is 172 Å². The van der Waals surface area contributed by atoms with E-state index in [0.29, 0.717) is 5.56 Å². The molecule has 3 amide bonds. The van der Waals surface area contributed by atoms with E-state index in [2.05, 4.69) is 5.32 Å². The second kappa shape index (κ2) is 8.44. The molecule has 156 valence electrons. The van der Waals surface area contributed by atoms with E-state index in [1.54, 1.807) is 25.1 Å². The number of fused-ring (bicyclic) bond motifs is 1. The number of carbonyl (C=O) groups is 4. The van der Waals surface area contributed by atoms with Crippen molar-refractivity contribution in [1.29, 1.82) is 0 Å². The van der Waals surface area contributed by atoms with Crippen LogP contribution in [0.15, 0.2) is 42.5 Å². The molecule has 0 saturated carbocycles. The van der Waals surface area contributed by atoms with E-state index in [-0.39, 0.29) is 23.5 Å². The molecule has 0 aromatic heterocycles. The lowest BCUT2D eigenvalue weighted by atomic mass is 10.1. The highest BCUT2D eigenvalue weighted by molar-refractivity contribution is 6.22. The maximum absolute atomic E-state index is 12.9. The van der Waals surface area contributed by atoms with Crippen LogP contribution in [-0.2, 0) is 20.9 Å². The summed E-state index contributed by atoms with van der Waals surface area (Å²) >= 11 is 0. The Morgan fingerprint density at radius 1 is 1.03 bits per heavy atom. The minimum absolute atomic E-state index is 0.133. The topological polar surface area (TPSA) is 92.8 Å². The molecule has 2 aromatic carbocycles. The Morgan fingerprint density at radius 3 is 2.33 bits per heavy atom. The van der Waals surface area contributed by atoms with Gasteiger partial charge in [0.05, 0.1) is 11.1 Å². The lowest BCUT2D eigenvalue weighted by Crippen LogP contribution is -2.46. The van der Waals surface area contributed by atoms with E-state index in [1.807, 2.05) is 0 Å². The highest BCUT2D eigenvalue weighted by atomic mass is 19.1. The third-order valence-electron chi connectivity index (χ3n) is 4.84. The summed E-state index contributed by atoms with van der Waals surface area (Å²) in [5, 5.41) is 2.58. The molecule has 2 aromatic rings. The van der Waals surface area contributed by atoms with Crippen LogP contribution in [0.4, 0.5) is 4.39 Å². The zero-order valence-electron chi connectivity index (χ0n) is 16.8. The maximum Gasteiger partial charge on any atom is 0.329 e. The van der Waals surface area contributed by atoms with E-state index in [0.717, 1.165) is 10.5 Å². The maximum atomic E-state index is 12.9. The molecule has 3 rings (SSSR count). The number of esters is 1. The zero-order chi connectivity index (χ0) is 22.0. The van der Waals surface area contributed by atoms with Crippen molar-refractivity contribution in [2.45, 2.75) is 39.5 Å². The molecule has 0 saturated heterocycles. The summed E-state index contributed by atoms with van der Waals surface area (Å²) in [5.41, 5.74) is 1.97. The van der Waals surface area contributed by atoms with Gasteiger partial charge in [0, 0.05) is 6.54 Å². The fourth-order valence-corrected chi connectivity index (χ4v) is 3.09. The number of hydrogen-bond donors (Lipinski definition) is 1. The van der Waals surface area contributed by atoms with Crippen LogP contribution in [0.25, 0.3) is 0 Å². The minimum Gasteiger partial charge on any atom is -0.451 e. The normalized spacial score (nSPS) is 14.9. The van der Waals surface area contributed by atoms with Crippen molar-refractivity contribution >= 4 is 23.7 Å². The first-order valence-corrected chi connectivity index (χ1v) is 9.40. The fourth-order valence-electron chi connectivity index (χ4n) is 3.09. The molecule has 1 N–H and O–H groups in total. The fraction of sp³-hybridized carbons (Fsp3) is 0.273. The third kappa shape index (κ3) is 4.22. The molecule has 0 bridgehead atoms. The van der Waals surface area contributed by atoms with E-state index < -0.39 is 35.8 Å². The number of halogens is 1. The third-order valence-corrected chi connectivity index (χ3v) is 4.84. The smallest absolute Gasteiger partial charge is 0.329 e. The number of ether oxygens (including phenoxy) is 1. The predicted molar refractivity (Wildman–Crippen MR) is 105 cm³/mol. The summed E-state index contributed by atoms with van der Waals surface area (Å²) in [4.78, 5) is 50.7. The van der Waals surface area contributed by atoms with Gasteiger partial charge in [0.1, 0.15) is 11.9 Å². The van der Waals surface area contributed by atoms with Crippen LogP contribution in [0, 0.1) is 12.7 Å². The van der Waals surface area contributed by atoms with E-state index >= 15 is 0 Å². The number of benzene rings is 2. The number of amides is 3. The van der Waals surface area contributed by atoms with Crippen LogP contribution < -0.4 is 5.32 Å². The summed E-state index contributed by atoms with van der Waals surface area (Å²) in [7, 11) is 0. The molecule has 0 aliphatic carbocycles. The molecule has 1 heterocycles. The van der Waals surface area contributed by atoms with Crippen LogP contribution in [0.2, 0.25) is 0 Å². The molecular weight excluding hydrogens is 391 g/mol. The number of hydrogen-bond acceptors (Lipinski definition) is 5. The number of nitrogens with zero attached hydrogens (tertiary/aromatic N) is 1. The van der Waals surface area contributed by atoms with Crippen LogP contribution >= 0.6 is 0 Å². The number of nitrogens with one attached hydrogen (secondary N) is 1. The quantitative estimate of drug-likeness (QED) is 0.581. The van der Waals surface area contributed by atoms with Gasteiger partial charge < -0.3 is 10.1 Å². The molecule has 30 heavy (non-hydrogen) atoms. The summed E-state index contributed by atoms with van der Waals surface area (Å²) < 4.78 is 18.1. The van der Waals surface area contributed by atoms with Crippen molar-refractivity contribution in [2.24, 2.45) is 0 Å². The van der Waals surface area contributed by atoms with Crippen LogP contribution in [0.5, 0.6) is 0 Å². The van der Waals surface area contributed by atoms with Crippen molar-refractivity contribution in [3.8, 4) is 0 Å². The van der Waals surface area contributed by atoms with Crippen LogP contribution in [0.1, 0.15) is 45.7 Å². The summed E-state index contributed by atoms with van der Waals surface area (Å²) in [6.07, 6.45) is -1.14. The van der Waals surface area contributed by atoms with Crippen molar-refractivity contribution in [1.82, 2.24) is 10.2 Å². The van der Waals surface area contributed by atoms with Crippen molar-refractivity contribution in [3.63, 3.8) is 0 Å². The van der Waals surface area contributed by atoms with Gasteiger partial charge in [0.15, 0.2) is 6.10 Å². The Morgan fingerprint density at radius 2 is 1.67 bits per heavy atom. The van der Waals surface area contributed by atoms with Crippen molar-refractivity contribution < 1.29 is 28.3 Å². The van der Waals surface area contributed by atoms with E-state index in [1.165, 1.54) is 38.1 Å². The number of aryl methyl sites for hydroxylation is 1. The van der Waals surface area contributed by atoms with Gasteiger partial charge in [-0.1, -0.05) is 23.8 Å². The monoisotopic (exact) mass is 412 g/mol. The van der Waals surface area contributed by atoms with Crippen molar-refractivity contribution in [2.75, 3.05) is 0 Å². The first-order chi connectivity index (χ1) is 14.2. The average molecular weight is 412 g/mol. The first-order valence-electron chi connectivity index (χ1n) is 9.40. The number of carbonyl (C=O) groups excluding carboxylic acids is 4.